The van der Waals surface area contributed by atoms with E-state index in [0.29, 0.717) is 12.2 Å². The van der Waals surface area contributed by atoms with Crippen LogP contribution < -0.4 is 10.6 Å². The number of aromatic nitrogens is 2. The Bertz CT molecular complexity index is 376. The van der Waals surface area contributed by atoms with E-state index in [9.17, 15) is 4.79 Å². The minimum Gasteiger partial charge on any atom is -0.396 e. The van der Waals surface area contributed by atoms with E-state index in [2.05, 4.69) is 20.8 Å². The van der Waals surface area contributed by atoms with Gasteiger partial charge < -0.3 is 15.7 Å². The molecule has 0 saturated carbocycles. The maximum Gasteiger partial charge on any atom is 0.271 e. The number of anilines is 1. The Morgan fingerprint density at radius 2 is 2.12 bits per heavy atom. The van der Waals surface area contributed by atoms with Crippen molar-refractivity contribution in [2.45, 2.75) is 25.8 Å². The van der Waals surface area contributed by atoms with Crippen molar-refractivity contribution in [2.24, 2.45) is 0 Å². The molecule has 0 spiro atoms. The molecule has 0 fully saturated rings. The quantitative estimate of drug-likeness (QED) is 0.691. The molecular formula is C11H18N4O2. The van der Waals surface area contributed by atoms with Gasteiger partial charge in [0.1, 0.15) is 5.82 Å². The van der Waals surface area contributed by atoms with Crippen LogP contribution in [-0.2, 0) is 0 Å². The van der Waals surface area contributed by atoms with Crippen LogP contribution in [-0.4, -0.2) is 40.4 Å². The lowest BCUT2D eigenvalue weighted by Crippen LogP contribution is -2.32. The third-order valence-corrected chi connectivity index (χ3v) is 2.33. The van der Waals surface area contributed by atoms with Crippen molar-refractivity contribution in [1.29, 1.82) is 0 Å². The van der Waals surface area contributed by atoms with Gasteiger partial charge in [0.25, 0.3) is 5.91 Å². The number of carbonyl (C=O) groups excluding carboxylic acids is 1. The standard InChI is InChI=1S/C11H18N4O2/c1-11(2,6-7-16)13-9-5-4-8(14-15-9)10(17)12-3/h4-5,16H,6-7H2,1-3H3,(H,12,17)(H,13,15). The minimum atomic E-state index is -0.266. The number of amides is 1. The lowest BCUT2D eigenvalue weighted by molar-refractivity contribution is 0.0957. The van der Waals surface area contributed by atoms with Gasteiger partial charge in [0.05, 0.1) is 0 Å². The Balaban J connectivity index is 2.71. The minimum absolute atomic E-state index is 0.101. The molecule has 0 aromatic carbocycles. The van der Waals surface area contributed by atoms with Crippen molar-refractivity contribution in [3.05, 3.63) is 17.8 Å². The molecule has 1 aromatic heterocycles. The van der Waals surface area contributed by atoms with E-state index in [0.717, 1.165) is 0 Å². The topological polar surface area (TPSA) is 87.1 Å². The lowest BCUT2D eigenvalue weighted by Gasteiger charge is -2.25. The molecule has 1 rings (SSSR count). The van der Waals surface area contributed by atoms with Gasteiger partial charge in [-0.3, -0.25) is 4.79 Å². The van der Waals surface area contributed by atoms with Gasteiger partial charge >= 0.3 is 0 Å². The molecule has 0 unspecified atom stereocenters. The number of hydrogen-bond donors (Lipinski definition) is 3. The maximum atomic E-state index is 11.2. The van der Waals surface area contributed by atoms with Gasteiger partial charge in [-0.05, 0) is 32.4 Å². The second kappa shape index (κ2) is 5.58. The highest BCUT2D eigenvalue weighted by molar-refractivity contribution is 5.91. The van der Waals surface area contributed by atoms with Crippen LogP contribution >= 0.6 is 0 Å². The average Bonchev–Trinajstić information content (AvgIpc) is 2.28. The van der Waals surface area contributed by atoms with Crippen molar-refractivity contribution in [3.63, 3.8) is 0 Å². The SMILES string of the molecule is CNC(=O)c1ccc(NC(C)(C)CCO)nn1. The third kappa shape index (κ3) is 3.99. The monoisotopic (exact) mass is 238 g/mol. The first-order chi connectivity index (χ1) is 7.98. The van der Waals surface area contributed by atoms with Crippen LogP contribution in [0.4, 0.5) is 5.82 Å². The van der Waals surface area contributed by atoms with Crippen LogP contribution in [0.2, 0.25) is 0 Å². The van der Waals surface area contributed by atoms with Crippen molar-refractivity contribution >= 4 is 11.7 Å². The molecule has 1 heterocycles. The molecule has 0 radical (unpaired) electrons. The molecule has 17 heavy (non-hydrogen) atoms. The number of hydrogen-bond acceptors (Lipinski definition) is 5. The Hall–Kier alpha value is -1.69. The molecule has 0 aliphatic heterocycles. The van der Waals surface area contributed by atoms with Crippen LogP contribution in [0.15, 0.2) is 12.1 Å². The first-order valence-electron chi connectivity index (χ1n) is 5.43. The summed E-state index contributed by atoms with van der Waals surface area (Å²) in [4.78, 5) is 11.2. The van der Waals surface area contributed by atoms with Crippen LogP contribution in [0.25, 0.3) is 0 Å². The fourth-order valence-corrected chi connectivity index (χ4v) is 1.34. The highest BCUT2D eigenvalue weighted by Gasteiger charge is 2.17. The Morgan fingerprint density at radius 1 is 1.41 bits per heavy atom. The van der Waals surface area contributed by atoms with Crippen LogP contribution in [0.3, 0.4) is 0 Å². The molecule has 0 aliphatic rings. The smallest absolute Gasteiger partial charge is 0.271 e. The summed E-state index contributed by atoms with van der Waals surface area (Å²) >= 11 is 0. The van der Waals surface area contributed by atoms with Gasteiger partial charge in [0.15, 0.2) is 5.69 Å². The highest BCUT2D eigenvalue weighted by atomic mass is 16.3. The van der Waals surface area contributed by atoms with E-state index in [4.69, 9.17) is 5.11 Å². The molecule has 1 aromatic rings. The van der Waals surface area contributed by atoms with Crippen LogP contribution in [0.1, 0.15) is 30.8 Å². The summed E-state index contributed by atoms with van der Waals surface area (Å²) in [5, 5.41) is 22.2. The number of aliphatic hydroxyl groups is 1. The van der Waals surface area contributed by atoms with E-state index >= 15 is 0 Å². The predicted molar refractivity (Wildman–Crippen MR) is 64.8 cm³/mol. The first kappa shape index (κ1) is 13.4. The summed E-state index contributed by atoms with van der Waals surface area (Å²) in [6, 6.07) is 3.29. The van der Waals surface area contributed by atoms with E-state index < -0.39 is 0 Å². The summed E-state index contributed by atoms with van der Waals surface area (Å²) in [5.74, 6) is 0.315. The molecule has 94 valence electrons. The Kier molecular flexibility index (Phi) is 4.39. The highest BCUT2D eigenvalue weighted by Crippen LogP contribution is 2.15. The molecular weight excluding hydrogens is 220 g/mol. The van der Waals surface area contributed by atoms with Crippen molar-refractivity contribution < 1.29 is 9.90 Å². The zero-order valence-electron chi connectivity index (χ0n) is 10.3. The Morgan fingerprint density at radius 3 is 2.59 bits per heavy atom. The number of rotatable bonds is 5. The third-order valence-electron chi connectivity index (χ3n) is 2.33. The van der Waals surface area contributed by atoms with E-state index in [1.807, 2.05) is 13.8 Å². The van der Waals surface area contributed by atoms with Crippen LogP contribution in [0.5, 0.6) is 0 Å². The first-order valence-corrected chi connectivity index (χ1v) is 5.43. The number of aliphatic hydroxyl groups excluding tert-OH is 1. The van der Waals surface area contributed by atoms with Gasteiger partial charge in [0, 0.05) is 19.2 Å². The zero-order chi connectivity index (χ0) is 12.9. The van der Waals surface area contributed by atoms with Crippen LogP contribution in [0, 0.1) is 0 Å². The van der Waals surface area contributed by atoms with Gasteiger partial charge in [0.2, 0.25) is 0 Å². The number of nitrogens with one attached hydrogen (secondary N) is 2. The number of nitrogens with zero attached hydrogens (tertiary/aromatic N) is 2. The van der Waals surface area contributed by atoms with Crippen molar-refractivity contribution in [1.82, 2.24) is 15.5 Å². The molecule has 6 heteroatoms. The van der Waals surface area contributed by atoms with Crippen molar-refractivity contribution in [3.8, 4) is 0 Å². The van der Waals surface area contributed by atoms with E-state index in [-0.39, 0.29) is 23.7 Å². The van der Waals surface area contributed by atoms with Gasteiger partial charge in [-0.15, -0.1) is 10.2 Å². The Labute approximate surface area is 100 Å². The lowest BCUT2D eigenvalue weighted by atomic mass is 10.0. The molecule has 0 aliphatic carbocycles. The average molecular weight is 238 g/mol. The molecule has 0 bridgehead atoms. The second-order valence-corrected chi connectivity index (χ2v) is 4.37. The molecule has 0 saturated heterocycles. The molecule has 0 atom stereocenters. The molecule has 3 N–H and O–H groups in total. The summed E-state index contributed by atoms with van der Waals surface area (Å²) in [6.45, 7) is 4.01. The zero-order valence-corrected chi connectivity index (χ0v) is 10.3. The second-order valence-electron chi connectivity index (χ2n) is 4.37. The summed E-state index contributed by atoms with van der Waals surface area (Å²) in [7, 11) is 1.54. The van der Waals surface area contributed by atoms with E-state index in [1.165, 1.54) is 0 Å². The molecule has 1 amide bonds. The number of carbonyl (C=O) groups is 1. The summed E-state index contributed by atoms with van der Waals surface area (Å²) < 4.78 is 0. The largest absolute Gasteiger partial charge is 0.396 e. The van der Waals surface area contributed by atoms with Gasteiger partial charge in [-0.1, -0.05) is 0 Å². The normalized spacial score (nSPS) is 11.1. The van der Waals surface area contributed by atoms with E-state index in [1.54, 1.807) is 19.2 Å². The molecule has 6 nitrogen and oxygen atoms in total. The van der Waals surface area contributed by atoms with Crippen molar-refractivity contribution in [2.75, 3.05) is 19.0 Å². The summed E-state index contributed by atoms with van der Waals surface area (Å²) in [5.41, 5.74) is 0.0100. The summed E-state index contributed by atoms with van der Waals surface area (Å²) in [6.07, 6.45) is 0.603. The van der Waals surface area contributed by atoms with Gasteiger partial charge in [-0.2, -0.15) is 0 Å². The predicted octanol–water partition coefficient (Wildman–Crippen LogP) is 0.409. The maximum absolute atomic E-state index is 11.2. The fraction of sp³-hybridized carbons (Fsp3) is 0.545. The van der Waals surface area contributed by atoms with Gasteiger partial charge in [-0.25, -0.2) is 0 Å². The fourth-order valence-electron chi connectivity index (χ4n) is 1.34.